The SMILES string of the molecule is COc1cccc(S(=O)(=O)N2CCC3(CCN(C(=O)c4scc(S(C)(=O)=O)c4Cl)C3)CC2)c1. The average Bonchev–Trinajstić information content (AvgIpc) is 3.37. The molecule has 33 heavy (non-hydrogen) atoms. The standard InChI is InChI=1S/C21H25ClN2O6S3/c1-30-15-4-3-5-16(12-15)33(28,29)24-10-7-21(8-11-24)6-9-23(14-21)20(25)19-18(22)17(13-31-19)32(2,26)27/h3-5,12-13H,6-11,14H2,1-2H3. The summed E-state index contributed by atoms with van der Waals surface area (Å²) >= 11 is 7.25. The van der Waals surface area contributed by atoms with Crippen LogP contribution >= 0.6 is 22.9 Å². The number of likely N-dealkylation sites (tertiary alicyclic amines) is 1. The van der Waals surface area contributed by atoms with Gasteiger partial charge < -0.3 is 9.64 Å². The van der Waals surface area contributed by atoms with E-state index in [9.17, 15) is 21.6 Å². The van der Waals surface area contributed by atoms with Crippen molar-refractivity contribution in [1.29, 1.82) is 0 Å². The number of piperidine rings is 1. The Hall–Kier alpha value is -1.66. The Labute approximate surface area is 203 Å². The van der Waals surface area contributed by atoms with E-state index in [-0.39, 0.29) is 31.0 Å². The Morgan fingerprint density at radius 2 is 1.79 bits per heavy atom. The second-order valence-electron chi connectivity index (χ2n) is 8.58. The topological polar surface area (TPSA) is 101 Å². The van der Waals surface area contributed by atoms with Crippen molar-refractivity contribution < 1.29 is 26.4 Å². The lowest BCUT2D eigenvalue weighted by Gasteiger charge is -2.38. The van der Waals surface area contributed by atoms with E-state index in [0.717, 1.165) is 24.0 Å². The average molecular weight is 533 g/mol. The number of sulfonamides is 1. The Bertz CT molecular complexity index is 1280. The molecule has 0 aliphatic carbocycles. The number of thiophene rings is 1. The highest BCUT2D eigenvalue weighted by Gasteiger charge is 2.44. The molecule has 1 aromatic heterocycles. The van der Waals surface area contributed by atoms with Gasteiger partial charge in [0.15, 0.2) is 9.84 Å². The predicted octanol–water partition coefficient (Wildman–Crippen LogP) is 3.13. The second kappa shape index (κ2) is 8.84. The first-order valence-electron chi connectivity index (χ1n) is 10.4. The van der Waals surface area contributed by atoms with E-state index in [1.807, 2.05) is 0 Å². The van der Waals surface area contributed by atoms with Crippen LogP contribution in [0.1, 0.15) is 28.9 Å². The maximum absolute atomic E-state index is 13.1. The van der Waals surface area contributed by atoms with E-state index in [2.05, 4.69) is 0 Å². The molecule has 2 aliphatic rings. The van der Waals surface area contributed by atoms with Crippen molar-refractivity contribution in [3.63, 3.8) is 0 Å². The quantitative estimate of drug-likeness (QED) is 0.586. The van der Waals surface area contributed by atoms with Crippen LogP contribution in [-0.4, -0.2) is 71.5 Å². The molecular formula is C21H25ClN2O6S3. The molecule has 3 heterocycles. The number of ether oxygens (including phenoxy) is 1. The third-order valence-corrected chi connectivity index (χ3v) is 11.2. The van der Waals surface area contributed by atoms with Gasteiger partial charge in [-0.05, 0) is 36.8 Å². The molecule has 2 aliphatic heterocycles. The van der Waals surface area contributed by atoms with Gasteiger partial charge in [0, 0.05) is 43.9 Å². The van der Waals surface area contributed by atoms with Gasteiger partial charge in [-0.25, -0.2) is 16.8 Å². The molecule has 1 aromatic carbocycles. The lowest BCUT2D eigenvalue weighted by atomic mass is 9.78. The molecule has 0 saturated carbocycles. The number of hydrogen-bond acceptors (Lipinski definition) is 7. The molecule has 180 valence electrons. The normalized spacial score (nSPS) is 19.2. The molecule has 0 radical (unpaired) electrons. The number of nitrogens with zero attached hydrogens (tertiary/aromatic N) is 2. The number of amides is 1. The van der Waals surface area contributed by atoms with Gasteiger partial charge in [-0.3, -0.25) is 4.79 Å². The van der Waals surface area contributed by atoms with Gasteiger partial charge in [-0.15, -0.1) is 11.3 Å². The fourth-order valence-electron chi connectivity index (χ4n) is 4.49. The Morgan fingerprint density at radius 3 is 2.39 bits per heavy atom. The zero-order chi connectivity index (χ0) is 24.0. The smallest absolute Gasteiger partial charge is 0.265 e. The van der Waals surface area contributed by atoms with E-state index >= 15 is 0 Å². The highest BCUT2D eigenvalue weighted by atomic mass is 35.5. The van der Waals surface area contributed by atoms with Gasteiger partial charge >= 0.3 is 0 Å². The summed E-state index contributed by atoms with van der Waals surface area (Å²) in [6.07, 6.45) is 3.13. The van der Waals surface area contributed by atoms with Crippen molar-refractivity contribution in [3.8, 4) is 5.75 Å². The Balaban J connectivity index is 1.44. The lowest BCUT2D eigenvalue weighted by Crippen LogP contribution is -2.44. The number of carbonyl (C=O) groups is 1. The predicted molar refractivity (Wildman–Crippen MR) is 126 cm³/mol. The zero-order valence-electron chi connectivity index (χ0n) is 18.3. The number of carbonyl (C=O) groups excluding carboxylic acids is 1. The number of benzene rings is 1. The molecule has 8 nitrogen and oxygen atoms in total. The van der Waals surface area contributed by atoms with E-state index in [0.29, 0.717) is 44.8 Å². The molecule has 0 unspecified atom stereocenters. The largest absolute Gasteiger partial charge is 0.497 e. The number of halogens is 1. The number of methoxy groups -OCH3 is 1. The zero-order valence-corrected chi connectivity index (χ0v) is 21.5. The molecule has 4 rings (SSSR count). The Kier molecular flexibility index (Phi) is 6.56. The lowest BCUT2D eigenvalue weighted by molar-refractivity contribution is 0.0755. The van der Waals surface area contributed by atoms with E-state index in [1.165, 1.54) is 22.9 Å². The van der Waals surface area contributed by atoms with E-state index in [4.69, 9.17) is 16.3 Å². The summed E-state index contributed by atoms with van der Waals surface area (Å²) in [6.45, 7) is 1.78. The molecule has 12 heteroatoms. The summed E-state index contributed by atoms with van der Waals surface area (Å²) in [6, 6.07) is 6.44. The first kappa shape index (κ1) is 24.5. The van der Waals surface area contributed by atoms with Crippen molar-refractivity contribution in [2.45, 2.75) is 29.1 Å². The van der Waals surface area contributed by atoms with Crippen LogP contribution in [0, 0.1) is 5.41 Å². The summed E-state index contributed by atoms with van der Waals surface area (Å²) in [7, 11) is -5.64. The first-order valence-corrected chi connectivity index (χ1v) is 15.0. The van der Waals surface area contributed by atoms with Gasteiger partial charge in [-0.2, -0.15) is 4.31 Å². The highest BCUT2D eigenvalue weighted by Crippen LogP contribution is 2.43. The minimum Gasteiger partial charge on any atom is -0.497 e. The maximum atomic E-state index is 13.1. The summed E-state index contributed by atoms with van der Waals surface area (Å²) < 4.78 is 56.5. The summed E-state index contributed by atoms with van der Waals surface area (Å²) in [5.41, 5.74) is -0.153. The fourth-order valence-corrected chi connectivity index (χ4v) is 8.85. The first-order chi connectivity index (χ1) is 15.5. The van der Waals surface area contributed by atoms with Crippen LogP contribution < -0.4 is 4.74 Å². The summed E-state index contributed by atoms with van der Waals surface area (Å²) in [5, 5.41) is 1.38. The van der Waals surface area contributed by atoms with Gasteiger partial charge in [0.1, 0.15) is 10.6 Å². The van der Waals surface area contributed by atoms with Gasteiger partial charge in [0.25, 0.3) is 5.91 Å². The summed E-state index contributed by atoms with van der Waals surface area (Å²) in [5.74, 6) is 0.212. The minimum atomic E-state index is -3.63. The van der Waals surface area contributed by atoms with Crippen LogP contribution in [0.5, 0.6) is 5.75 Å². The number of rotatable bonds is 5. The summed E-state index contributed by atoms with van der Waals surface area (Å²) in [4.78, 5) is 15.2. The third kappa shape index (κ3) is 4.66. The van der Waals surface area contributed by atoms with Crippen molar-refractivity contribution in [2.24, 2.45) is 5.41 Å². The van der Waals surface area contributed by atoms with Crippen molar-refractivity contribution in [1.82, 2.24) is 9.21 Å². The molecule has 2 saturated heterocycles. The fraction of sp³-hybridized carbons (Fsp3) is 0.476. The van der Waals surface area contributed by atoms with Crippen LogP contribution in [0.2, 0.25) is 5.02 Å². The number of hydrogen-bond donors (Lipinski definition) is 0. The van der Waals surface area contributed by atoms with Crippen molar-refractivity contribution in [2.75, 3.05) is 39.5 Å². The van der Waals surface area contributed by atoms with E-state index < -0.39 is 19.9 Å². The molecule has 1 amide bonds. The molecule has 0 atom stereocenters. The van der Waals surface area contributed by atoms with E-state index in [1.54, 1.807) is 23.1 Å². The van der Waals surface area contributed by atoms with Crippen LogP contribution in [0.15, 0.2) is 39.4 Å². The van der Waals surface area contributed by atoms with Crippen LogP contribution in [0.3, 0.4) is 0 Å². The van der Waals surface area contributed by atoms with Gasteiger partial charge in [-0.1, -0.05) is 17.7 Å². The Morgan fingerprint density at radius 1 is 1.12 bits per heavy atom. The maximum Gasteiger partial charge on any atom is 0.265 e. The van der Waals surface area contributed by atoms with Gasteiger partial charge in [0.2, 0.25) is 10.0 Å². The molecule has 1 spiro atoms. The third-order valence-electron chi connectivity index (χ3n) is 6.48. The molecule has 0 N–H and O–H groups in total. The molecule has 0 bridgehead atoms. The number of sulfone groups is 1. The monoisotopic (exact) mass is 532 g/mol. The van der Waals surface area contributed by atoms with Gasteiger partial charge in [0.05, 0.1) is 21.9 Å². The van der Waals surface area contributed by atoms with Crippen molar-refractivity contribution in [3.05, 3.63) is 39.5 Å². The second-order valence-corrected chi connectivity index (χ2v) is 13.8. The van der Waals surface area contributed by atoms with Crippen LogP contribution in [0.25, 0.3) is 0 Å². The molecule has 2 fully saturated rings. The molecule has 2 aromatic rings. The minimum absolute atomic E-state index is 0.0207. The van der Waals surface area contributed by atoms with Crippen LogP contribution in [0.4, 0.5) is 0 Å². The van der Waals surface area contributed by atoms with Crippen molar-refractivity contribution >= 4 is 48.7 Å². The highest BCUT2D eigenvalue weighted by molar-refractivity contribution is 7.91. The van der Waals surface area contributed by atoms with Crippen LogP contribution in [-0.2, 0) is 19.9 Å². The molecular weight excluding hydrogens is 508 g/mol.